The maximum absolute atomic E-state index is 11.9. The Morgan fingerprint density at radius 2 is 2.24 bits per heavy atom. The zero-order valence-corrected chi connectivity index (χ0v) is 12.3. The Kier molecular flexibility index (Phi) is 4.45. The number of pyridine rings is 1. The third-order valence-electron chi connectivity index (χ3n) is 4.13. The number of carboxylic acid groups (broad SMARTS) is 1. The molecule has 0 spiro atoms. The van der Waals surface area contributed by atoms with Crippen LogP contribution >= 0.6 is 0 Å². The number of hydrogen-bond donors (Lipinski definition) is 3. The molecule has 0 aromatic carbocycles. The quantitative estimate of drug-likeness (QED) is 0.789. The van der Waals surface area contributed by atoms with Crippen LogP contribution in [0.4, 0.5) is 4.79 Å². The van der Waals surface area contributed by atoms with Crippen molar-refractivity contribution in [3.8, 4) is 0 Å². The smallest absolute Gasteiger partial charge is 0.315 e. The molecule has 1 saturated carbocycles. The molecule has 1 aromatic heterocycles. The normalized spacial score (nSPS) is 24.6. The zero-order chi connectivity index (χ0) is 15.5. The molecule has 1 aliphatic carbocycles. The fraction of sp³-hybridized carbons (Fsp3) is 0.533. The van der Waals surface area contributed by atoms with Gasteiger partial charge < -0.3 is 15.7 Å². The number of amides is 2. The second-order valence-electron chi connectivity index (χ2n) is 5.76. The number of hydrogen-bond acceptors (Lipinski definition) is 3. The number of aliphatic carboxylic acids is 1. The van der Waals surface area contributed by atoms with Gasteiger partial charge in [-0.25, -0.2) is 4.79 Å². The van der Waals surface area contributed by atoms with Crippen molar-refractivity contribution < 1.29 is 14.7 Å². The van der Waals surface area contributed by atoms with Crippen LogP contribution in [0.15, 0.2) is 18.2 Å². The average Bonchev–Trinajstić information content (AvgIpc) is 2.79. The van der Waals surface area contributed by atoms with Gasteiger partial charge in [0.2, 0.25) is 0 Å². The summed E-state index contributed by atoms with van der Waals surface area (Å²) in [4.78, 5) is 27.6. The number of carbonyl (C=O) groups excluding carboxylic acids is 1. The Bertz CT molecular complexity index is 547. The van der Waals surface area contributed by atoms with Gasteiger partial charge in [0.1, 0.15) is 0 Å². The van der Waals surface area contributed by atoms with Crippen LogP contribution in [0.5, 0.6) is 0 Å². The standard InChI is InChI=1S/C15H21N3O3/c1-10-5-3-6-11(17-10)9-16-14(21)18-12-7-4-8-15(12,2)13(19)20/h3,5-6,12H,4,7-9H2,1-2H3,(H,19,20)(H2,16,18,21). The van der Waals surface area contributed by atoms with Gasteiger partial charge in [0.05, 0.1) is 17.7 Å². The second-order valence-corrected chi connectivity index (χ2v) is 5.76. The number of aromatic nitrogens is 1. The summed E-state index contributed by atoms with van der Waals surface area (Å²) in [5.74, 6) is -0.856. The minimum absolute atomic E-state index is 0.323. The number of nitrogens with one attached hydrogen (secondary N) is 2. The van der Waals surface area contributed by atoms with Crippen molar-refractivity contribution in [2.24, 2.45) is 5.41 Å². The number of urea groups is 1. The summed E-state index contributed by atoms with van der Waals surface area (Å²) < 4.78 is 0. The first-order valence-corrected chi connectivity index (χ1v) is 7.12. The molecule has 1 aromatic rings. The van der Waals surface area contributed by atoms with Gasteiger partial charge in [-0.3, -0.25) is 9.78 Å². The van der Waals surface area contributed by atoms with Crippen molar-refractivity contribution in [3.05, 3.63) is 29.6 Å². The summed E-state index contributed by atoms with van der Waals surface area (Å²) in [6.45, 7) is 3.90. The average molecular weight is 291 g/mol. The molecule has 0 saturated heterocycles. The van der Waals surface area contributed by atoms with E-state index in [0.29, 0.717) is 19.4 Å². The molecule has 6 nitrogen and oxygen atoms in total. The summed E-state index contributed by atoms with van der Waals surface area (Å²) in [7, 11) is 0. The molecule has 114 valence electrons. The van der Waals surface area contributed by atoms with Gasteiger partial charge >= 0.3 is 12.0 Å². The lowest BCUT2D eigenvalue weighted by Gasteiger charge is -2.27. The van der Waals surface area contributed by atoms with E-state index in [1.807, 2.05) is 25.1 Å². The molecule has 1 fully saturated rings. The topological polar surface area (TPSA) is 91.3 Å². The Labute approximate surface area is 124 Å². The molecule has 0 radical (unpaired) electrons. The predicted molar refractivity (Wildman–Crippen MR) is 77.7 cm³/mol. The van der Waals surface area contributed by atoms with Crippen LogP contribution in [-0.2, 0) is 11.3 Å². The van der Waals surface area contributed by atoms with Gasteiger partial charge in [0.15, 0.2) is 0 Å². The van der Waals surface area contributed by atoms with Crippen molar-refractivity contribution in [1.29, 1.82) is 0 Å². The summed E-state index contributed by atoms with van der Waals surface area (Å²) in [6.07, 6.45) is 2.10. The van der Waals surface area contributed by atoms with Crippen LogP contribution in [-0.4, -0.2) is 28.1 Å². The zero-order valence-electron chi connectivity index (χ0n) is 12.3. The van der Waals surface area contributed by atoms with E-state index in [1.54, 1.807) is 6.92 Å². The summed E-state index contributed by atoms with van der Waals surface area (Å²) in [5.41, 5.74) is 0.792. The van der Waals surface area contributed by atoms with Crippen molar-refractivity contribution in [3.63, 3.8) is 0 Å². The van der Waals surface area contributed by atoms with E-state index in [1.165, 1.54) is 0 Å². The van der Waals surface area contributed by atoms with Crippen LogP contribution in [0.1, 0.15) is 37.6 Å². The lowest BCUT2D eigenvalue weighted by Crippen LogP contribution is -2.50. The number of aryl methyl sites for hydroxylation is 1. The summed E-state index contributed by atoms with van der Waals surface area (Å²) in [5, 5.41) is 14.8. The van der Waals surface area contributed by atoms with Crippen LogP contribution in [0.2, 0.25) is 0 Å². The lowest BCUT2D eigenvalue weighted by molar-refractivity contribution is -0.148. The number of carbonyl (C=O) groups is 2. The van der Waals surface area contributed by atoms with Crippen LogP contribution < -0.4 is 10.6 Å². The maximum atomic E-state index is 11.9. The van der Waals surface area contributed by atoms with Gasteiger partial charge in [0, 0.05) is 11.7 Å². The highest BCUT2D eigenvalue weighted by atomic mass is 16.4. The number of nitrogens with zero attached hydrogens (tertiary/aromatic N) is 1. The van der Waals surface area contributed by atoms with Gasteiger partial charge in [-0.15, -0.1) is 0 Å². The Hall–Kier alpha value is -2.11. The lowest BCUT2D eigenvalue weighted by atomic mass is 9.85. The van der Waals surface area contributed by atoms with Crippen molar-refractivity contribution in [1.82, 2.24) is 15.6 Å². The van der Waals surface area contributed by atoms with E-state index in [4.69, 9.17) is 0 Å². The van der Waals surface area contributed by atoms with E-state index in [0.717, 1.165) is 17.8 Å². The van der Waals surface area contributed by atoms with Crippen molar-refractivity contribution in [2.75, 3.05) is 0 Å². The minimum Gasteiger partial charge on any atom is -0.481 e. The number of carboxylic acids is 1. The molecule has 6 heteroatoms. The molecule has 0 bridgehead atoms. The van der Waals surface area contributed by atoms with Gasteiger partial charge in [-0.1, -0.05) is 12.5 Å². The molecular formula is C15H21N3O3. The predicted octanol–water partition coefficient (Wildman–Crippen LogP) is 1.83. The highest BCUT2D eigenvalue weighted by Gasteiger charge is 2.45. The van der Waals surface area contributed by atoms with E-state index < -0.39 is 11.4 Å². The monoisotopic (exact) mass is 291 g/mol. The van der Waals surface area contributed by atoms with Gasteiger partial charge in [0.25, 0.3) is 0 Å². The SMILES string of the molecule is Cc1cccc(CNC(=O)NC2CCCC2(C)C(=O)O)n1. The van der Waals surface area contributed by atoms with Crippen LogP contribution in [0.25, 0.3) is 0 Å². The summed E-state index contributed by atoms with van der Waals surface area (Å²) in [6, 6.07) is 4.93. The fourth-order valence-electron chi connectivity index (χ4n) is 2.73. The third-order valence-corrected chi connectivity index (χ3v) is 4.13. The van der Waals surface area contributed by atoms with Gasteiger partial charge in [-0.2, -0.15) is 0 Å². The molecule has 2 atom stereocenters. The molecule has 1 aliphatic rings. The fourth-order valence-corrected chi connectivity index (χ4v) is 2.73. The van der Waals surface area contributed by atoms with E-state index in [2.05, 4.69) is 15.6 Å². The Balaban J connectivity index is 1.89. The number of rotatable bonds is 4. The molecule has 0 aliphatic heterocycles. The molecule has 2 rings (SSSR count). The highest BCUT2D eigenvalue weighted by Crippen LogP contribution is 2.38. The minimum atomic E-state index is -0.876. The molecule has 2 unspecified atom stereocenters. The molecule has 1 heterocycles. The van der Waals surface area contributed by atoms with E-state index >= 15 is 0 Å². The highest BCUT2D eigenvalue weighted by molar-refractivity contribution is 5.79. The first-order valence-electron chi connectivity index (χ1n) is 7.12. The Morgan fingerprint density at radius 1 is 1.48 bits per heavy atom. The third kappa shape index (κ3) is 3.51. The Morgan fingerprint density at radius 3 is 2.90 bits per heavy atom. The van der Waals surface area contributed by atoms with E-state index in [-0.39, 0.29) is 12.1 Å². The van der Waals surface area contributed by atoms with Crippen molar-refractivity contribution in [2.45, 2.75) is 45.7 Å². The molecule has 3 N–H and O–H groups in total. The summed E-state index contributed by atoms with van der Waals surface area (Å²) >= 11 is 0. The van der Waals surface area contributed by atoms with E-state index in [9.17, 15) is 14.7 Å². The maximum Gasteiger partial charge on any atom is 0.315 e. The van der Waals surface area contributed by atoms with Crippen LogP contribution in [0, 0.1) is 12.3 Å². The first kappa shape index (κ1) is 15.3. The molecular weight excluding hydrogens is 270 g/mol. The van der Waals surface area contributed by atoms with Crippen LogP contribution in [0.3, 0.4) is 0 Å². The van der Waals surface area contributed by atoms with Gasteiger partial charge in [-0.05, 0) is 38.8 Å². The second kappa shape index (κ2) is 6.11. The first-order chi connectivity index (χ1) is 9.91. The largest absolute Gasteiger partial charge is 0.481 e. The molecule has 21 heavy (non-hydrogen) atoms. The van der Waals surface area contributed by atoms with Crippen molar-refractivity contribution >= 4 is 12.0 Å². The molecule has 2 amide bonds.